The van der Waals surface area contributed by atoms with Gasteiger partial charge in [-0.2, -0.15) is 0 Å². The van der Waals surface area contributed by atoms with Crippen molar-refractivity contribution in [1.29, 1.82) is 0 Å². The zero-order chi connectivity index (χ0) is 10.5. The third-order valence-electron chi connectivity index (χ3n) is 2.32. The van der Waals surface area contributed by atoms with E-state index < -0.39 is 0 Å². The molecule has 0 aliphatic heterocycles. The number of aliphatic hydroxyl groups excluding tert-OH is 1. The largest absolute Gasteiger partial charge is 0.394 e. The van der Waals surface area contributed by atoms with Crippen LogP contribution < -0.4 is 0 Å². The average molecular weight is 202 g/mol. The van der Waals surface area contributed by atoms with Gasteiger partial charge in [0, 0.05) is 0 Å². The summed E-state index contributed by atoms with van der Waals surface area (Å²) in [6.45, 7) is 1.03. The molecule has 0 unspecified atom stereocenters. The first-order valence-electron chi connectivity index (χ1n) is 5.06. The normalized spacial score (nSPS) is 10.7. The molecule has 2 aromatic carbocycles. The lowest BCUT2D eigenvalue weighted by Gasteiger charge is -2.04. The number of ether oxygens (including phenoxy) is 1. The summed E-state index contributed by atoms with van der Waals surface area (Å²) in [5, 5.41) is 11.1. The van der Waals surface area contributed by atoms with Crippen molar-refractivity contribution in [3.63, 3.8) is 0 Å². The molecule has 0 atom stereocenters. The van der Waals surface area contributed by atoms with Crippen molar-refractivity contribution in [2.75, 3.05) is 13.2 Å². The molecular formula is C13H14O2. The van der Waals surface area contributed by atoms with Gasteiger partial charge in [-0.3, -0.25) is 0 Å². The van der Waals surface area contributed by atoms with Gasteiger partial charge in [-0.05, 0) is 22.4 Å². The molecule has 0 amide bonds. The highest BCUT2D eigenvalue weighted by atomic mass is 16.5. The molecule has 0 saturated heterocycles. The molecule has 2 aromatic rings. The Kier molecular flexibility index (Phi) is 3.33. The first kappa shape index (κ1) is 10.1. The molecule has 0 bridgehead atoms. The Morgan fingerprint density at radius 1 is 1.00 bits per heavy atom. The van der Waals surface area contributed by atoms with Crippen LogP contribution in [0.1, 0.15) is 5.56 Å². The number of hydrogen-bond acceptors (Lipinski definition) is 2. The number of fused-ring (bicyclic) bond motifs is 1. The molecule has 15 heavy (non-hydrogen) atoms. The number of rotatable bonds is 4. The SMILES string of the molecule is OCCOCc1ccc2ccccc2c1. The Morgan fingerprint density at radius 2 is 1.80 bits per heavy atom. The van der Waals surface area contributed by atoms with Crippen LogP contribution in [-0.2, 0) is 11.3 Å². The number of hydrogen-bond donors (Lipinski definition) is 1. The average Bonchev–Trinajstić information content (AvgIpc) is 2.29. The van der Waals surface area contributed by atoms with Crippen molar-refractivity contribution < 1.29 is 9.84 Å². The van der Waals surface area contributed by atoms with E-state index in [9.17, 15) is 0 Å². The molecule has 1 N–H and O–H groups in total. The highest BCUT2D eigenvalue weighted by Gasteiger charge is 1.95. The van der Waals surface area contributed by atoms with Crippen LogP contribution in [0, 0.1) is 0 Å². The van der Waals surface area contributed by atoms with Crippen LogP contribution in [0.5, 0.6) is 0 Å². The van der Waals surface area contributed by atoms with Gasteiger partial charge in [0.15, 0.2) is 0 Å². The van der Waals surface area contributed by atoms with Crippen molar-refractivity contribution in [3.05, 3.63) is 48.0 Å². The van der Waals surface area contributed by atoms with Gasteiger partial charge in [-0.15, -0.1) is 0 Å². The maximum Gasteiger partial charge on any atom is 0.0718 e. The second kappa shape index (κ2) is 4.91. The van der Waals surface area contributed by atoms with Gasteiger partial charge in [0.2, 0.25) is 0 Å². The second-order valence-corrected chi connectivity index (χ2v) is 3.46. The monoisotopic (exact) mass is 202 g/mol. The summed E-state index contributed by atoms with van der Waals surface area (Å²) in [4.78, 5) is 0. The second-order valence-electron chi connectivity index (χ2n) is 3.46. The lowest BCUT2D eigenvalue weighted by Crippen LogP contribution is -1.98. The maximum absolute atomic E-state index is 8.59. The molecule has 0 aromatic heterocycles. The Balaban J connectivity index is 2.16. The van der Waals surface area contributed by atoms with E-state index >= 15 is 0 Å². The fraction of sp³-hybridized carbons (Fsp3) is 0.231. The van der Waals surface area contributed by atoms with E-state index in [4.69, 9.17) is 9.84 Å². The first-order chi connectivity index (χ1) is 7.40. The molecule has 2 nitrogen and oxygen atoms in total. The van der Waals surface area contributed by atoms with Crippen LogP contribution in [-0.4, -0.2) is 18.3 Å². The lowest BCUT2D eigenvalue weighted by molar-refractivity contribution is 0.0816. The highest BCUT2D eigenvalue weighted by Crippen LogP contribution is 2.15. The minimum atomic E-state index is 0.0770. The molecule has 0 heterocycles. The predicted octanol–water partition coefficient (Wildman–Crippen LogP) is 2.35. The number of benzene rings is 2. The molecule has 0 fully saturated rings. The standard InChI is InChI=1S/C13H14O2/c14-7-8-15-10-11-5-6-12-3-1-2-4-13(12)9-11/h1-6,9,14H,7-8,10H2. The van der Waals surface area contributed by atoms with E-state index in [2.05, 4.69) is 30.3 Å². The Hall–Kier alpha value is -1.38. The Morgan fingerprint density at radius 3 is 2.60 bits per heavy atom. The molecule has 0 aliphatic rings. The molecule has 0 saturated carbocycles. The molecule has 0 aliphatic carbocycles. The summed E-state index contributed by atoms with van der Waals surface area (Å²) >= 11 is 0. The molecule has 2 heteroatoms. The minimum Gasteiger partial charge on any atom is -0.394 e. The summed E-state index contributed by atoms with van der Waals surface area (Å²) in [7, 11) is 0. The summed E-state index contributed by atoms with van der Waals surface area (Å²) in [6.07, 6.45) is 0. The van der Waals surface area contributed by atoms with Crippen molar-refractivity contribution in [3.8, 4) is 0 Å². The number of aliphatic hydroxyl groups is 1. The van der Waals surface area contributed by atoms with Crippen LogP contribution >= 0.6 is 0 Å². The zero-order valence-corrected chi connectivity index (χ0v) is 8.52. The van der Waals surface area contributed by atoms with Gasteiger partial charge in [0.05, 0.1) is 19.8 Å². The van der Waals surface area contributed by atoms with Crippen LogP contribution in [0.3, 0.4) is 0 Å². The smallest absolute Gasteiger partial charge is 0.0718 e. The molecule has 2 rings (SSSR count). The summed E-state index contributed by atoms with van der Waals surface area (Å²) < 4.78 is 5.27. The van der Waals surface area contributed by atoms with Gasteiger partial charge < -0.3 is 9.84 Å². The Labute approximate surface area is 89.1 Å². The summed E-state index contributed by atoms with van der Waals surface area (Å²) in [5.74, 6) is 0. The van der Waals surface area contributed by atoms with Gasteiger partial charge in [0.1, 0.15) is 0 Å². The fourth-order valence-corrected chi connectivity index (χ4v) is 1.58. The van der Waals surface area contributed by atoms with Gasteiger partial charge in [0.25, 0.3) is 0 Å². The summed E-state index contributed by atoms with van der Waals surface area (Å²) in [6, 6.07) is 14.5. The predicted molar refractivity (Wildman–Crippen MR) is 60.7 cm³/mol. The van der Waals surface area contributed by atoms with E-state index in [1.54, 1.807) is 0 Å². The van der Waals surface area contributed by atoms with E-state index in [-0.39, 0.29) is 6.61 Å². The molecule has 0 spiro atoms. The Bertz CT molecular complexity index is 437. The summed E-state index contributed by atoms with van der Waals surface area (Å²) in [5.41, 5.74) is 1.14. The highest BCUT2D eigenvalue weighted by molar-refractivity contribution is 5.82. The topological polar surface area (TPSA) is 29.5 Å². The van der Waals surface area contributed by atoms with Crippen molar-refractivity contribution >= 4 is 10.8 Å². The molecular weight excluding hydrogens is 188 g/mol. The van der Waals surface area contributed by atoms with Gasteiger partial charge in [-0.1, -0.05) is 36.4 Å². The maximum atomic E-state index is 8.59. The van der Waals surface area contributed by atoms with E-state index in [0.29, 0.717) is 13.2 Å². The van der Waals surface area contributed by atoms with Gasteiger partial charge >= 0.3 is 0 Å². The minimum absolute atomic E-state index is 0.0770. The molecule has 78 valence electrons. The third-order valence-corrected chi connectivity index (χ3v) is 2.32. The lowest BCUT2D eigenvalue weighted by atomic mass is 10.1. The zero-order valence-electron chi connectivity index (χ0n) is 8.52. The van der Waals surface area contributed by atoms with Crippen LogP contribution in [0.2, 0.25) is 0 Å². The van der Waals surface area contributed by atoms with Crippen molar-refractivity contribution in [2.24, 2.45) is 0 Å². The van der Waals surface area contributed by atoms with Gasteiger partial charge in [-0.25, -0.2) is 0 Å². The third kappa shape index (κ3) is 2.55. The van der Waals surface area contributed by atoms with Crippen LogP contribution in [0.25, 0.3) is 10.8 Å². The van der Waals surface area contributed by atoms with Crippen molar-refractivity contribution in [2.45, 2.75) is 6.61 Å². The van der Waals surface area contributed by atoms with Crippen molar-refractivity contribution in [1.82, 2.24) is 0 Å². The molecule has 0 radical (unpaired) electrons. The fourth-order valence-electron chi connectivity index (χ4n) is 1.58. The van der Waals surface area contributed by atoms with E-state index in [0.717, 1.165) is 5.56 Å². The van der Waals surface area contributed by atoms with Crippen LogP contribution in [0.4, 0.5) is 0 Å². The van der Waals surface area contributed by atoms with E-state index in [1.165, 1.54) is 10.8 Å². The van der Waals surface area contributed by atoms with E-state index in [1.807, 2.05) is 12.1 Å². The van der Waals surface area contributed by atoms with Crippen LogP contribution in [0.15, 0.2) is 42.5 Å². The first-order valence-corrected chi connectivity index (χ1v) is 5.06. The quantitative estimate of drug-likeness (QED) is 0.771.